The average Bonchev–Trinajstić information content (AvgIpc) is 0. The van der Waals surface area contributed by atoms with Crippen LogP contribution >= 0.6 is 0 Å². The molecule has 0 rings (SSSR count). The van der Waals surface area contributed by atoms with Crippen molar-refractivity contribution in [3.05, 3.63) is 0 Å². The second-order valence-electron chi connectivity index (χ2n) is 0. The van der Waals surface area contributed by atoms with E-state index in [1.807, 2.05) is 0 Å². The molecule has 0 heterocycles. The predicted molar refractivity (Wildman–Crippen MR) is 22.4 cm³/mol. The number of hydrogen-bond acceptors (Lipinski definition) is 0. The molecule has 44 valence electrons. The van der Waals surface area contributed by atoms with E-state index in [0.29, 0.717) is 0 Å². The van der Waals surface area contributed by atoms with E-state index in [2.05, 4.69) is 0 Å². The van der Waals surface area contributed by atoms with Crippen molar-refractivity contribution >= 4 is 23.1 Å². The summed E-state index contributed by atoms with van der Waals surface area (Å²) in [6.07, 6.45) is 0. The van der Waals surface area contributed by atoms with Gasteiger partial charge in [0, 0.05) is 47.9 Å². The molecule has 0 saturated carbocycles. The largest absolute Gasteiger partial charge is 2.00 e. The van der Waals surface area contributed by atoms with Crippen molar-refractivity contribution in [3.63, 3.8) is 0 Å². The molecule has 7 heavy (non-hydrogen) atoms. The molecule has 0 radical (unpaired) electrons. The molecule has 0 aromatic carbocycles. The molecule has 4 nitrogen and oxygen atoms in total. The molecule has 0 aromatic rings. The third-order valence-corrected chi connectivity index (χ3v) is 0. The minimum Gasteiger partial charge on any atom is -1.00 e. The van der Waals surface area contributed by atoms with Crippen LogP contribution in [0.1, 0.15) is 2.85 Å². The van der Waals surface area contributed by atoms with Crippen LogP contribution in [0.25, 0.3) is 0 Å². The van der Waals surface area contributed by atoms with E-state index >= 15 is 0 Å². The molecular formula is H10MgO4TiZr. The van der Waals surface area contributed by atoms with E-state index in [-0.39, 0.29) is 95.7 Å². The summed E-state index contributed by atoms with van der Waals surface area (Å²) in [7, 11) is 0. The van der Waals surface area contributed by atoms with E-state index < -0.39 is 0 Å². The first-order chi connectivity index (χ1) is 0. The van der Waals surface area contributed by atoms with Gasteiger partial charge < -0.3 is 24.8 Å². The summed E-state index contributed by atoms with van der Waals surface area (Å²) in [6.45, 7) is 0. The first kappa shape index (κ1) is 128. The van der Waals surface area contributed by atoms with E-state index in [1.54, 1.807) is 0 Å². The van der Waals surface area contributed by atoms with Crippen molar-refractivity contribution in [1.29, 1.82) is 0 Å². The maximum Gasteiger partial charge on any atom is 2.00 e. The summed E-state index contributed by atoms with van der Waals surface area (Å²) in [5, 5.41) is 0. The third kappa shape index (κ3) is 65.0. The van der Waals surface area contributed by atoms with Crippen LogP contribution < -0.4 is 0 Å². The minimum atomic E-state index is 0. The van der Waals surface area contributed by atoms with E-state index in [0.717, 1.165) is 0 Å². The third-order valence-electron chi connectivity index (χ3n) is 0. The molecule has 0 aliphatic heterocycles. The second kappa shape index (κ2) is 87.7. The van der Waals surface area contributed by atoms with Gasteiger partial charge in [-0.3, -0.25) is 0 Å². The quantitative estimate of drug-likeness (QED) is 0.388. The molecule has 0 aliphatic carbocycles. The number of rotatable bonds is 0. The Morgan fingerprint density at radius 3 is 0.714 bits per heavy atom. The van der Waals surface area contributed by atoms with Gasteiger partial charge >= 0.3 is 23.1 Å². The molecule has 8 N–H and O–H groups in total. The fraction of sp³-hybridized carbons (Fsp3) is 0. The van der Waals surface area contributed by atoms with Crippen molar-refractivity contribution in [2.45, 2.75) is 0 Å². The summed E-state index contributed by atoms with van der Waals surface area (Å²) < 4.78 is 0. The van der Waals surface area contributed by atoms with Gasteiger partial charge in [0.2, 0.25) is 0 Å². The first-order valence-corrected chi connectivity index (χ1v) is 0. The van der Waals surface area contributed by atoms with Crippen LogP contribution in [0.15, 0.2) is 0 Å². The summed E-state index contributed by atoms with van der Waals surface area (Å²) in [5.74, 6) is 0. The van der Waals surface area contributed by atoms with Gasteiger partial charge in [0.05, 0.1) is 0 Å². The minimum absolute atomic E-state index is 0. The van der Waals surface area contributed by atoms with Crippen LogP contribution in [-0.2, 0) is 47.9 Å². The zero-order valence-corrected chi connectivity index (χ0v) is 9.14. The molecule has 0 unspecified atom stereocenters. The SMILES string of the molecule is O.O.O.O.[H-].[H-].[Mg+2].[Ti].[Zr]. The Balaban J connectivity index is 0. The van der Waals surface area contributed by atoms with Gasteiger partial charge in [0.25, 0.3) is 0 Å². The Kier molecular flexibility index (Phi) is 1600. The Morgan fingerprint density at radius 2 is 0.714 bits per heavy atom. The van der Waals surface area contributed by atoms with Gasteiger partial charge in [-0.15, -0.1) is 0 Å². The normalized spacial score (nSPS) is 0. The zero-order valence-electron chi connectivity index (χ0n) is 5.71. The number of hydrogen-bond donors (Lipinski definition) is 0. The molecule has 0 bridgehead atoms. The van der Waals surface area contributed by atoms with Crippen LogP contribution in [0.2, 0.25) is 0 Å². The maximum absolute atomic E-state index is 0. The molecule has 0 amide bonds. The summed E-state index contributed by atoms with van der Waals surface area (Å²) in [4.78, 5) is 0. The van der Waals surface area contributed by atoms with Crippen molar-refractivity contribution in [2.75, 3.05) is 0 Å². The summed E-state index contributed by atoms with van der Waals surface area (Å²) >= 11 is 0. The Hall–Kier alpha value is 2.20. The smallest absolute Gasteiger partial charge is 1.00 e. The molecule has 0 fully saturated rings. The molecule has 0 atom stereocenters. The molecule has 0 spiro atoms. The van der Waals surface area contributed by atoms with Crippen molar-refractivity contribution in [3.8, 4) is 0 Å². The average molecular weight is 237 g/mol. The molecule has 0 aromatic heterocycles. The van der Waals surface area contributed by atoms with Gasteiger partial charge in [-0.25, -0.2) is 0 Å². The van der Waals surface area contributed by atoms with Gasteiger partial charge in [0.1, 0.15) is 0 Å². The maximum atomic E-state index is 0. The van der Waals surface area contributed by atoms with Gasteiger partial charge in [-0.2, -0.15) is 0 Å². The Morgan fingerprint density at radius 1 is 0.714 bits per heavy atom. The van der Waals surface area contributed by atoms with E-state index in [4.69, 9.17) is 0 Å². The fourth-order valence-electron chi connectivity index (χ4n) is 0. The standard InChI is InChI=1S/Mg.4H2O.Ti.Zr.2H/h;4*1H2;;;;/q+2;;;;;;;2*-1. The molecule has 7 heteroatoms. The first-order valence-electron chi connectivity index (χ1n) is 0. The summed E-state index contributed by atoms with van der Waals surface area (Å²) in [5.41, 5.74) is 0. The van der Waals surface area contributed by atoms with Crippen molar-refractivity contribution < 1.29 is 72.7 Å². The fourth-order valence-corrected chi connectivity index (χ4v) is 0. The van der Waals surface area contributed by atoms with Crippen molar-refractivity contribution in [2.24, 2.45) is 0 Å². The van der Waals surface area contributed by atoms with E-state index in [9.17, 15) is 0 Å². The van der Waals surface area contributed by atoms with E-state index in [1.165, 1.54) is 0 Å². The van der Waals surface area contributed by atoms with Gasteiger partial charge in [-0.1, -0.05) is 0 Å². The van der Waals surface area contributed by atoms with Gasteiger partial charge in [0.15, 0.2) is 0 Å². The van der Waals surface area contributed by atoms with Crippen LogP contribution in [0, 0.1) is 0 Å². The predicted octanol–water partition coefficient (Wildman–Crippen LogP) is -3.46. The Bertz CT molecular complexity index is 18.5. The summed E-state index contributed by atoms with van der Waals surface area (Å²) in [6, 6.07) is 0. The van der Waals surface area contributed by atoms with Crippen molar-refractivity contribution in [1.82, 2.24) is 0 Å². The molecule has 0 aliphatic rings. The molecular weight excluding hydrogens is 227 g/mol. The van der Waals surface area contributed by atoms with Crippen LogP contribution in [0.5, 0.6) is 0 Å². The topological polar surface area (TPSA) is 126 Å². The van der Waals surface area contributed by atoms with Crippen LogP contribution in [0.4, 0.5) is 0 Å². The molecule has 0 saturated heterocycles. The van der Waals surface area contributed by atoms with Gasteiger partial charge in [-0.05, 0) is 0 Å². The zero-order chi connectivity index (χ0) is 0. The monoisotopic (exact) mass is 236 g/mol. The Labute approximate surface area is 94.8 Å². The van der Waals surface area contributed by atoms with Crippen LogP contribution in [-0.4, -0.2) is 45.0 Å². The van der Waals surface area contributed by atoms with Crippen LogP contribution in [0.3, 0.4) is 0 Å². The second-order valence-corrected chi connectivity index (χ2v) is 0.